The van der Waals surface area contributed by atoms with Gasteiger partial charge in [-0.05, 0) is 18.6 Å². The Morgan fingerprint density at radius 3 is 2.12 bits per heavy atom. The maximum absolute atomic E-state index is 10.8. The van der Waals surface area contributed by atoms with E-state index in [1.165, 1.54) is 12.1 Å². The van der Waals surface area contributed by atoms with Crippen molar-refractivity contribution in [2.24, 2.45) is 0 Å². The molecule has 0 radical (unpaired) electrons. The van der Waals surface area contributed by atoms with Crippen molar-refractivity contribution < 1.29 is 19.1 Å². The Labute approximate surface area is 140 Å². The number of nitro benzene ring substituents is 1. The first kappa shape index (κ1) is 17.4. The summed E-state index contributed by atoms with van der Waals surface area (Å²) >= 11 is 0. The van der Waals surface area contributed by atoms with Crippen LogP contribution in [-0.4, -0.2) is 26.3 Å². The SMILES string of the molecule is COc1cc(OC)c(CNc2ccc([N+](=O)[O-])cc2C)c(OC)c1. The fourth-order valence-corrected chi connectivity index (χ4v) is 2.40. The molecule has 0 aromatic heterocycles. The Bertz CT molecular complexity index is 721. The van der Waals surface area contributed by atoms with Crippen LogP contribution in [0.25, 0.3) is 0 Å². The molecule has 0 aliphatic carbocycles. The molecule has 0 saturated heterocycles. The summed E-state index contributed by atoms with van der Waals surface area (Å²) in [7, 11) is 4.73. The lowest BCUT2D eigenvalue weighted by atomic mass is 10.1. The smallest absolute Gasteiger partial charge is 0.269 e. The molecule has 0 saturated carbocycles. The second-order valence-electron chi connectivity index (χ2n) is 5.12. The minimum Gasteiger partial charge on any atom is -0.496 e. The van der Waals surface area contributed by atoms with Gasteiger partial charge in [-0.2, -0.15) is 0 Å². The lowest BCUT2D eigenvalue weighted by Crippen LogP contribution is -2.06. The number of rotatable bonds is 7. The number of non-ortho nitro benzene ring substituents is 1. The number of ether oxygens (including phenoxy) is 3. The molecule has 0 heterocycles. The largest absolute Gasteiger partial charge is 0.496 e. The van der Waals surface area contributed by atoms with Crippen LogP contribution in [0.1, 0.15) is 11.1 Å². The lowest BCUT2D eigenvalue weighted by molar-refractivity contribution is -0.384. The monoisotopic (exact) mass is 332 g/mol. The van der Waals surface area contributed by atoms with Crippen molar-refractivity contribution in [2.45, 2.75) is 13.5 Å². The molecule has 0 aliphatic rings. The first-order valence-electron chi connectivity index (χ1n) is 7.28. The van der Waals surface area contributed by atoms with E-state index in [1.807, 2.05) is 6.92 Å². The molecule has 0 amide bonds. The number of methoxy groups -OCH3 is 3. The van der Waals surface area contributed by atoms with Crippen LogP contribution in [0.5, 0.6) is 17.2 Å². The van der Waals surface area contributed by atoms with Crippen molar-refractivity contribution in [3.05, 3.63) is 51.6 Å². The van der Waals surface area contributed by atoms with E-state index in [0.717, 1.165) is 16.8 Å². The fraction of sp³-hybridized carbons (Fsp3) is 0.294. The standard InChI is InChI=1S/C17H20N2O5/c1-11-7-12(19(20)21)5-6-15(11)18-10-14-16(23-3)8-13(22-2)9-17(14)24-4/h5-9,18H,10H2,1-4H3. The maximum Gasteiger partial charge on any atom is 0.269 e. The van der Waals surface area contributed by atoms with Crippen molar-refractivity contribution >= 4 is 11.4 Å². The van der Waals surface area contributed by atoms with Crippen LogP contribution in [0.2, 0.25) is 0 Å². The third-order valence-corrected chi connectivity index (χ3v) is 3.69. The highest BCUT2D eigenvalue weighted by atomic mass is 16.6. The van der Waals surface area contributed by atoms with E-state index in [1.54, 1.807) is 39.5 Å². The number of hydrogen-bond donors (Lipinski definition) is 1. The van der Waals surface area contributed by atoms with Crippen LogP contribution < -0.4 is 19.5 Å². The molecule has 7 nitrogen and oxygen atoms in total. The van der Waals surface area contributed by atoms with Crippen molar-refractivity contribution in [3.8, 4) is 17.2 Å². The summed E-state index contributed by atoms with van der Waals surface area (Å²) in [5.74, 6) is 1.91. The van der Waals surface area contributed by atoms with E-state index >= 15 is 0 Å². The van der Waals surface area contributed by atoms with E-state index in [2.05, 4.69) is 5.32 Å². The van der Waals surface area contributed by atoms with Gasteiger partial charge in [-0.3, -0.25) is 10.1 Å². The van der Waals surface area contributed by atoms with Crippen LogP contribution in [0.15, 0.2) is 30.3 Å². The van der Waals surface area contributed by atoms with Crippen LogP contribution in [0.4, 0.5) is 11.4 Å². The van der Waals surface area contributed by atoms with Crippen LogP contribution in [-0.2, 0) is 6.54 Å². The third-order valence-electron chi connectivity index (χ3n) is 3.69. The molecule has 2 aromatic carbocycles. The number of aryl methyl sites for hydroxylation is 1. The second-order valence-corrected chi connectivity index (χ2v) is 5.12. The molecule has 0 unspecified atom stereocenters. The summed E-state index contributed by atoms with van der Waals surface area (Å²) in [4.78, 5) is 10.4. The summed E-state index contributed by atoms with van der Waals surface area (Å²) < 4.78 is 16.0. The quantitative estimate of drug-likeness (QED) is 0.617. The summed E-state index contributed by atoms with van der Waals surface area (Å²) in [6, 6.07) is 8.25. The summed E-state index contributed by atoms with van der Waals surface area (Å²) in [6.45, 7) is 2.26. The van der Waals surface area contributed by atoms with E-state index in [4.69, 9.17) is 14.2 Å². The number of nitrogens with zero attached hydrogens (tertiary/aromatic N) is 1. The topological polar surface area (TPSA) is 82.9 Å². The van der Waals surface area contributed by atoms with E-state index in [-0.39, 0.29) is 5.69 Å². The van der Waals surface area contributed by atoms with Crippen LogP contribution in [0, 0.1) is 17.0 Å². The predicted octanol–water partition coefficient (Wildman–Crippen LogP) is 3.54. The van der Waals surface area contributed by atoms with Gasteiger partial charge in [0.15, 0.2) is 0 Å². The number of nitro groups is 1. The lowest BCUT2D eigenvalue weighted by Gasteiger charge is -2.16. The molecule has 2 aromatic rings. The summed E-state index contributed by atoms with van der Waals surface area (Å²) in [5.41, 5.74) is 2.49. The van der Waals surface area contributed by atoms with Crippen molar-refractivity contribution in [1.82, 2.24) is 0 Å². The normalized spacial score (nSPS) is 10.2. The van der Waals surface area contributed by atoms with Gasteiger partial charge in [0.2, 0.25) is 0 Å². The molecule has 0 bridgehead atoms. The van der Waals surface area contributed by atoms with Gasteiger partial charge < -0.3 is 19.5 Å². The van der Waals surface area contributed by atoms with Gasteiger partial charge in [0.1, 0.15) is 17.2 Å². The van der Waals surface area contributed by atoms with Crippen molar-refractivity contribution in [1.29, 1.82) is 0 Å². The Balaban J connectivity index is 2.27. The van der Waals surface area contributed by atoms with Gasteiger partial charge in [0.05, 0.1) is 31.8 Å². The average Bonchev–Trinajstić information content (AvgIpc) is 2.59. The Morgan fingerprint density at radius 2 is 1.67 bits per heavy atom. The third kappa shape index (κ3) is 3.68. The van der Waals surface area contributed by atoms with E-state index in [9.17, 15) is 10.1 Å². The molecular weight excluding hydrogens is 312 g/mol. The minimum absolute atomic E-state index is 0.0673. The zero-order chi connectivity index (χ0) is 17.7. The maximum atomic E-state index is 10.8. The molecule has 0 fully saturated rings. The highest BCUT2D eigenvalue weighted by molar-refractivity contribution is 5.58. The molecule has 0 aliphatic heterocycles. The molecule has 7 heteroatoms. The minimum atomic E-state index is -0.410. The predicted molar refractivity (Wildman–Crippen MR) is 91.3 cm³/mol. The van der Waals surface area contributed by atoms with Gasteiger partial charge in [0, 0.05) is 36.5 Å². The molecular formula is C17H20N2O5. The molecule has 0 spiro atoms. The van der Waals surface area contributed by atoms with Gasteiger partial charge in [-0.25, -0.2) is 0 Å². The molecule has 24 heavy (non-hydrogen) atoms. The molecule has 0 atom stereocenters. The Morgan fingerprint density at radius 1 is 1.04 bits per heavy atom. The number of hydrogen-bond acceptors (Lipinski definition) is 6. The highest BCUT2D eigenvalue weighted by Gasteiger charge is 2.14. The fourth-order valence-electron chi connectivity index (χ4n) is 2.40. The highest BCUT2D eigenvalue weighted by Crippen LogP contribution is 2.34. The van der Waals surface area contributed by atoms with Gasteiger partial charge >= 0.3 is 0 Å². The number of nitrogens with one attached hydrogen (secondary N) is 1. The van der Waals surface area contributed by atoms with Crippen LogP contribution in [0.3, 0.4) is 0 Å². The first-order valence-corrected chi connectivity index (χ1v) is 7.28. The van der Waals surface area contributed by atoms with Crippen molar-refractivity contribution in [3.63, 3.8) is 0 Å². The Kier molecular flexibility index (Phi) is 5.47. The average molecular weight is 332 g/mol. The second kappa shape index (κ2) is 7.54. The van der Waals surface area contributed by atoms with Gasteiger partial charge in [-0.15, -0.1) is 0 Å². The first-order chi connectivity index (χ1) is 11.5. The number of anilines is 1. The molecule has 2 rings (SSSR count). The summed E-state index contributed by atoms with van der Waals surface area (Å²) in [5, 5.41) is 14.1. The van der Waals surface area contributed by atoms with E-state index in [0.29, 0.717) is 23.8 Å². The Hall–Kier alpha value is -2.96. The van der Waals surface area contributed by atoms with E-state index < -0.39 is 4.92 Å². The zero-order valence-electron chi connectivity index (χ0n) is 14.1. The number of benzene rings is 2. The molecule has 1 N–H and O–H groups in total. The van der Waals surface area contributed by atoms with Crippen molar-refractivity contribution in [2.75, 3.05) is 26.6 Å². The van der Waals surface area contributed by atoms with Crippen LogP contribution >= 0.6 is 0 Å². The molecule has 128 valence electrons. The van der Waals surface area contributed by atoms with Gasteiger partial charge in [0.25, 0.3) is 5.69 Å². The zero-order valence-corrected chi connectivity index (χ0v) is 14.1. The summed E-state index contributed by atoms with van der Waals surface area (Å²) in [6.07, 6.45) is 0. The van der Waals surface area contributed by atoms with Gasteiger partial charge in [-0.1, -0.05) is 0 Å².